The van der Waals surface area contributed by atoms with Crippen molar-refractivity contribution in [2.24, 2.45) is 11.7 Å². The van der Waals surface area contributed by atoms with E-state index in [9.17, 15) is 5.11 Å². The van der Waals surface area contributed by atoms with E-state index in [1.165, 1.54) is 0 Å². The zero-order valence-corrected chi connectivity index (χ0v) is 8.97. The smallest absolute Gasteiger partial charge is 0.0999 e. The fourth-order valence-electron chi connectivity index (χ4n) is 1.56. The van der Waals surface area contributed by atoms with Crippen LogP contribution in [0.5, 0.6) is 0 Å². The number of hydrogen-bond donors (Lipinski definition) is 2. The minimum Gasteiger partial charge on any atom is -0.384 e. The Morgan fingerprint density at radius 1 is 1.69 bits per heavy atom. The Labute approximate surface area is 83.4 Å². The first-order chi connectivity index (χ1) is 6.12. The van der Waals surface area contributed by atoms with Crippen LogP contribution in [0.2, 0.25) is 0 Å². The third-order valence-corrected chi connectivity index (χ3v) is 3.69. The van der Waals surface area contributed by atoms with Gasteiger partial charge in [-0.15, -0.1) is 11.3 Å². The van der Waals surface area contributed by atoms with Gasteiger partial charge in [0.15, 0.2) is 0 Å². The second-order valence-electron chi connectivity index (χ2n) is 3.47. The molecule has 0 aliphatic carbocycles. The Hall–Kier alpha value is -0.380. The van der Waals surface area contributed by atoms with Gasteiger partial charge in [-0.3, -0.25) is 0 Å². The van der Waals surface area contributed by atoms with E-state index in [4.69, 9.17) is 5.73 Å². The fraction of sp³-hybridized carbons (Fsp3) is 0.600. The van der Waals surface area contributed by atoms with Gasteiger partial charge < -0.3 is 10.8 Å². The van der Waals surface area contributed by atoms with E-state index in [0.29, 0.717) is 6.54 Å². The SMILES string of the molecule is CCC(CN)C(C)(O)c1cccs1. The van der Waals surface area contributed by atoms with Crippen LogP contribution in [0.3, 0.4) is 0 Å². The number of nitrogens with two attached hydrogens (primary N) is 1. The maximum atomic E-state index is 10.3. The number of hydrogen-bond acceptors (Lipinski definition) is 3. The third-order valence-electron chi connectivity index (χ3n) is 2.59. The van der Waals surface area contributed by atoms with Crippen molar-refractivity contribution in [3.05, 3.63) is 22.4 Å². The number of aliphatic hydroxyl groups is 1. The Bertz CT molecular complexity index is 239. The second kappa shape index (κ2) is 4.22. The predicted octanol–water partition coefficient (Wildman–Crippen LogP) is 1.94. The second-order valence-corrected chi connectivity index (χ2v) is 4.41. The van der Waals surface area contributed by atoms with E-state index in [-0.39, 0.29) is 5.92 Å². The highest BCUT2D eigenvalue weighted by atomic mass is 32.1. The number of rotatable bonds is 4. The Balaban J connectivity index is 2.86. The minimum absolute atomic E-state index is 0.145. The number of thiophene rings is 1. The Morgan fingerprint density at radius 3 is 2.77 bits per heavy atom. The standard InChI is InChI=1S/C10H17NOS/c1-3-8(7-11)10(2,12)9-5-4-6-13-9/h4-6,8,12H,3,7,11H2,1-2H3. The topological polar surface area (TPSA) is 46.2 Å². The lowest BCUT2D eigenvalue weighted by Gasteiger charge is -2.30. The summed E-state index contributed by atoms with van der Waals surface area (Å²) in [5.74, 6) is 0.145. The average molecular weight is 199 g/mol. The summed E-state index contributed by atoms with van der Waals surface area (Å²) in [5.41, 5.74) is 4.85. The zero-order chi connectivity index (χ0) is 9.90. The molecule has 13 heavy (non-hydrogen) atoms. The molecule has 1 aromatic heterocycles. The van der Waals surface area contributed by atoms with Crippen molar-refractivity contribution in [3.63, 3.8) is 0 Å². The molecule has 0 radical (unpaired) electrons. The summed E-state index contributed by atoms with van der Waals surface area (Å²) in [7, 11) is 0. The van der Waals surface area contributed by atoms with E-state index >= 15 is 0 Å². The summed E-state index contributed by atoms with van der Waals surface area (Å²) in [5, 5.41) is 12.2. The van der Waals surface area contributed by atoms with E-state index in [0.717, 1.165) is 11.3 Å². The van der Waals surface area contributed by atoms with Gasteiger partial charge in [-0.2, -0.15) is 0 Å². The fourth-order valence-corrected chi connectivity index (χ4v) is 2.43. The van der Waals surface area contributed by atoms with Crippen LogP contribution in [0.15, 0.2) is 17.5 Å². The summed E-state index contributed by atoms with van der Waals surface area (Å²) in [4.78, 5) is 1.00. The van der Waals surface area contributed by atoms with Gasteiger partial charge in [0.25, 0.3) is 0 Å². The quantitative estimate of drug-likeness (QED) is 0.778. The van der Waals surface area contributed by atoms with Crippen LogP contribution >= 0.6 is 11.3 Å². The highest BCUT2D eigenvalue weighted by Crippen LogP contribution is 2.33. The minimum atomic E-state index is -0.766. The molecule has 1 aromatic rings. The molecule has 0 aromatic carbocycles. The zero-order valence-electron chi connectivity index (χ0n) is 8.16. The van der Waals surface area contributed by atoms with Gasteiger partial charge >= 0.3 is 0 Å². The third kappa shape index (κ3) is 2.10. The molecular formula is C10H17NOS. The van der Waals surface area contributed by atoms with Gasteiger partial charge in [-0.25, -0.2) is 0 Å². The van der Waals surface area contributed by atoms with Gasteiger partial charge in [-0.1, -0.05) is 13.0 Å². The maximum Gasteiger partial charge on any atom is 0.0999 e. The lowest BCUT2D eigenvalue weighted by atomic mass is 9.86. The predicted molar refractivity (Wildman–Crippen MR) is 56.7 cm³/mol. The van der Waals surface area contributed by atoms with Crippen LogP contribution in [0.4, 0.5) is 0 Å². The molecule has 0 saturated carbocycles. The Kier molecular flexibility index (Phi) is 3.47. The normalized spacial score (nSPS) is 18.2. The van der Waals surface area contributed by atoms with Crippen LogP contribution in [0.25, 0.3) is 0 Å². The average Bonchev–Trinajstić information content (AvgIpc) is 2.58. The molecule has 0 aliphatic heterocycles. The maximum absolute atomic E-state index is 10.3. The molecule has 2 nitrogen and oxygen atoms in total. The van der Waals surface area contributed by atoms with Crippen molar-refractivity contribution in [2.75, 3.05) is 6.54 Å². The molecule has 0 aliphatic rings. The molecule has 3 N–H and O–H groups in total. The molecule has 1 heterocycles. The molecule has 0 saturated heterocycles. The lowest BCUT2D eigenvalue weighted by molar-refractivity contribution is -0.000566. The molecule has 3 heteroatoms. The van der Waals surface area contributed by atoms with Crippen LogP contribution in [0, 0.1) is 5.92 Å². The van der Waals surface area contributed by atoms with E-state index in [1.54, 1.807) is 11.3 Å². The van der Waals surface area contributed by atoms with Crippen LogP contribution < -0.4 is 5.73 Å². The van der Waals surface area contributed by atoms with E-state index < -0.39 is 5.60 Å². The van der Waals surface area contributed by atoms with Gasteiger partial charge in [0, 0.05) is 10.8 Å². The van der Waals surface area contributed by atoms with Crippen molar-refractivity contribution < 1.29 is 5.11 Å². The van der Waals surface area contributed by atoms with Crippen molar-refractivity contribution >= 4 is 11.3 Å². The molecule has 0 fully saturated rings. The molecule has 0 bridgehead atoms. The van der Waals surface area contributed by atoms with E-state index in [2.05, 4.69) is 6.92 Å². The summed E-state index contributed by atoms with van der Waals surface area (Å²) in [6, 6.07) is 3.92. The largest absolute Gasteiger partial charge is 0.384 e. The van der Waals surface area contributed by atoms with Crippen LogP contribution in [-0.4, -0.2) is 11.7 Å². The monoisotopic (exact) mass is 199 g/mol. The van der Waals surface area contributed by atoms with Crippen LogP contribution in [-0.2, 0) is 5.60 Å². The molecule has 74 valence electrons. The molecule has 1 rings (SSSR count). The first-order valence-electron chi connectivity index (χ1n) is 4.59. The Morgan fingerprint density at radius 2 is 2.38 bits per heavy atom. The summed E-state index contributed by atoms with van der Waals surface area (Å²) in [6.07, 6.45) is 0.904. The molecule has 0 amide bonds. The van der Waals surface area contributed by atoms with Gasteiger partial charge in [0.2, 0.25) is 0 Å². The van der Waals surface area contributed by atoms with Crippen molar-refractivity contribution in [1.82, 2.24) is 0 Å². The molecule has 2 unspecified atom stereocenters. The molecular weight excluding hydrogens is 182 g/mol. The van der Waals surface area contributed by atoms with Gasteiger partial charge in [0.1, 0.15) is 0 Å². The lowest BCUT2D eigenvalue weighted by Crippen LogP contribution is -2.35. The van der Waals surface area contributed by atoms with Gasteiger partial charge in [-0.05, 0) is 31.3 Å². The van der Waals surface area contributed by atoms with Crippen molar-refractivity contribution in [3.8, 4) is 0 Å². The molecule has 2 atom stereocenters. The van der Waals surface area contributed by atoms with Crippen LogP contribution in [0.1, 0.15) is 25.1 Å². The van der Waals surface area contributed by atoms with Crippen molar-refractivity contribution in [1.29, 1.82) is 0 Å². The highest BCUT2D eigenvalue weighted by Gasteiger charge is 2.32. The first-order valence-corrected chi connectivity index (χ1v) is 5.47. The highest BCUT2D eigenvalue weighted by molar-refractivity contribution is 7.10. The summed E-state index contributed by atoms with van der Waals surface area (Å²) < 4.78 is 0. The summed E-state index contributed by atoms with van der Waals surface area (Å²) >= 11 is 1.58. The van der Waals surface area contributed by atoms with Crippen molar-refractivity contribution in [2.45, 2.75) is 25.9 Å². The van der Waals surface area contributed by atoms with Gasteiger partial charge in [0.05, 0.1) is 5.60 Å². The van der Waals surface area contributed by atoms with E-state index in [1.807, 2.05) is 24.4 Å². The summed E-state index contributed by atoms with van der Waals surface area (Å²) in [6.45, 7) is 4.43. The molecule has 0 spiro atoms. The first kappa shape index (κ1) is 10.7.